The summed E-state index contributed by atoms with van der Waals surface area (Å²) in [6, 6.07) is 13.9. The number of nitrogens with zero attached hydrogens (tertiary/aromatic N) is 1. The highest BCUT2D eigenvalue weighted by molar-refractivity contribution is 7.85. The lowest BCUT2D eigenvalue weighted by Gasteiger charge is -2.36. The van der Waals surface area contributed by atoms with Gasteiger partial charge in [0.15, 0.2) is 5.37 Å². The van der Waals surface area contributed by atoms with E-state index >= 15 is 0 Å². The zero-order chi connectivity index (χ0) is 24.5. The lowest BCUT2D eigenvalue weighted by molar-refractivity contribution is -0.145. The highest BCUT2D eigenvalue weighted by Crippen LogP contribution is 2.19. The summed E-state index contributed by atoms with van der Waals surface area (Å²) in [4.78, 5) is 37.2. The van der Waals surface area contributed by atoms with Gasteiger partial charge in [-0.1, -0.05) is 48.7 Å². The van der Waals surface area contributed by atoms with Crippen molar-refractivity contribution in [2.45, 2.75) is 49.7 Å². The third-order valence-corrected chi connectivity index (χ3v) is 7.59. The number of unbranched alkanes of at least 4 members (excludes halogenated alkanes) is 3. The summed E-state index contributed by atoms with van der Waals surface area (Å²) in [5.74, 6) is -1.57. The van der Waals surface area contributed by atoms with Gasteiger partial charge in [0.2, 0.25) is 5.91 Å². The van der Waals surface area contributed by atoms with Gasteiger partial charge < -0.3 is 15.3 Å². The molecule has 0 bridgehead atoms. The lowest BCUT2D eigenvalue weighted by atomic mass is 10.1. The number of halogens is 1. The van der Waals surface area contributed by atoms with E-state index in [1.165, 1.54) is 22.6 Å². The van der Waals surface area contributed by atoms with Gasteiger partial charge in [-0.15, -0.1) is 0 Å². The van der Waals surface area contributed by atoms with Crippen LogP contribution in [-0.2, 0) is 32.6 Å². The van der Waals surface area contributed by atoms with Crippen molar-refractivity contribution in [2.75, 3.05) is 13.1 Å². The number of aromatic carboxylic acids is 1. The van der Waals surface area contributed by atoms with Crippen molar-refractivity contribution in [3.63, 3.8) is 0 Å². The Kier molecular flexibility index (Phi) is 9.65. The zero-order valence-electron chi connectivity index (χ0n) is 18.9. The third kappa shape index (κ3) is 7.40. The monoisotopic (exact) mass is 504 g/mol. The van der Waals surface area contributed by atoms with Gasteiger partial charge in [-0.05, 0) is 54.7 Å². The Hall–Kier alpha value is -2.71. The van der Waals surface area contributed by atoms with Gasteiger partial charge in [0, 0.05) is 24.5 Å². The molecule has 34 heavy (non-hydrogen) atoms. The van der Waals surface area contributed by atoms with Crippen molar-refractivity contribution in [3.05, 3.63) is 70.2 Å². The molecular formula is C25H29ClN2O5S. The highest BCUT2D eigenvalue weighted by atomic mass is 35.5. The predicted molar refractivity (Wildman–Crippen MR) is 132 cm³/mol. The standard InChI is InChI=1S/C25H29ClN2O5S/c26-21-12-8-18(9-13-21)5-3-1-2-4-15-27-23(30)24(28-16-14-22(28)29)34(33)17-19-6-10-20(11-7-19)25(31)32/h6-13,24H,1-5,14-17H2,(H,27,30)(H,31,32). The number of carboxylic acids is 1. The SMILES string of the molecule is O=C(O)c1ccc(CS(=O)C(C(=O)NCCCCCCc2ccc(Cl)cc2)N2CCC2=O)cc1. The van der Waals surface area contributed by atoms with E-state index in [4.69, 9.17) is 16.7 Å². The van der Waals surface area contributed by atoms with Gasteiger partial charge >= 0.3 is 5.97 Å². The van der Waals surface area contributed by atoms with Crippen LogP contribution >= 0.6 is 11.6 Å². The number of rotatable bonds is 13. The average molecular weight is 505 g/mol. The van der Waals surface area contributed by atoms with Gasteiger partial charge in [0.05, 0.1) is 22.1 Å². The minimum atomic E-state index is -1.65. The molecule has 7 nitrogen and oxygen atoms in total. The van der Waals surface area contributed by atoms with E-state index in [0.29, 0.717) is 25.1 Å². The number of likely N-dealkylation sites (tertiary alicyclic amines) is 1. The molecule has 2 aromatic carbocycles. The Morgan fingerprint density at radius 3 is 2.24 bits per heavy atom. The Labute approximate surface area is 206 Å². The lowest BCUT2D eigenvalue weighted by Crippen LogP contribution is -2.57. The van der Waals surface area contributed by atoms with Crippen LogP contribution in [0.1, 0.15) is 53.6 Å². The normalized spacial score (nSPS) is 14.9. The molecule has 2 N–H and O–H groups in total. The molecule has 182 valence electrons. The van der Waals surface area contributed by atoms with E-state index in [2.05, 4.69) is 5.32 Å². The topological polar surface area (TPSA) is 104 Å². The van der Waals surface area contributed by atoms with Crippen LogP contribution < -0.4 is 5.32 Å². The van der Waals surface area contributed by atoms with Gasteiger partial charge in [0.1, 0.15) is 0 Å². The first-order chi connectivity index (χ1) is 16.3. The summed E-state index contributed by atoms with van der Waals surface area (Å²) in [7, 11) is -1.65. The Balaban J connectivity index is 1.44. The maximum Gasteiger partial charge on any atom is 0.335 e. The molecule has 1 saturated heterocycles. The minimum Gasteiger partial charge on any atom is -0.478 e. The van der Waals surface area contributed by atoms with Crippen LogP contribution in [0.2, 0.25) is 5.02 Å². The summed E-state index contributed by atoms with van der Waals surface area (Å²) >= 11 is 5.90. The molecule has 0 saturated carbocycles. The van der Waals surface area contributed by atoms with Crippen LogP contribution in [0.25, 0.3) is 0 Å². The van der Waals surface area contributed by atoms with Gasteiger partial charge in [0.25, 0.3) is 5.91 Å². The number of benzene rings is 2. The average Bonchev–Trinajstić information content (AvgIpc) is 2.82. The van der Waals surface area contributed by atoms with Crippen LogP contribution in [0.4, 0.5) is 0 Å². The molecule has 1 aliphatic heterocycles. The van der Waals surface area contributed by atoms with E-state index in [-0.39, 0.29) is 17.2 Å². The first-order valence-corrected chi connectivity index (χ1v) is 13.1. The van der Waals surface area contributed by atoms with Crippen molar-refractivity contribution in [1.82, 2.24) is 10.2 Å². The number of carbonyl (C=O) groups excluding carboxylic acids is 2. The van der Waals surface area contributed by atoms with Crippen molar-refractivity contribution < 1.29 is 23.7 Å². The Bertz CT molecular complexity index is 1030. The molecule has 0 radical (unpaired) electrons. The largest absolute Gasteiger partial charge is 0.478 e. The van der Waals surface area contributed by atoms with Gasteiger partial charge in [-0.2, -0.15) is 0 Å². The summed E-state index contributed by atoms with van der Waals surface area (Å²) in [5, 5.41) is 11.5. The molecule has 1 aliphatic rings. The highest BCUT2D eigenvalue weighted by Gasteiger charge is 2.39. The van der Waals surface area contributed by atoms with Gasteiger partial charge in [-0.25, -0.2) is 4.79 Å². The van der Waals surface area contributed by atoms with Crippen LogP contribution in [0.15, 0.2) is 48.5 Å². The van der Waals surface area contributed by atoms with E-state index in [1.54, 1.807) is 12.1 Å². The van der Waals surface area contributed by atoms with Crippen molar-refractivity contribution >= 4 is 40.2 Å². The first kappa shape index (κ1) is 25.9. The van der Waals surface area contributed by atoms with Crippen molar-refractivity contribution in [2.24, 2.45) is 0 Å². The molecule has 0 aliphatic carbocycles. The number of carbonyl (C=O) groups is 3. The fraction of sp³-hybridized carbons (Fsp3) is 0.400. The number of β-lactam (4-membered cyclic amide) rings is 1. The smallest absolute Gasteiger partial charge is 0.335 e. The molecule has 3 rings (SSSR count). The summed E-state index contributed by atoms with van der Waals surface area (Å²) < 4.78 is 13.0. The first-order valence-electron chi connectivity index (χ1n) is 11.4. The fourth-order valence-electron chi connectivity index (χ4n) is 3.73. The minimum absolute atomic E-state index is 0.0620. The summed E-state index contributed by atoms with van der Waals surface area (Å²) in [6.07, 6.45) is 5.17. The molecule has 0 aromatic heterocycles. The van der Waals surface area contributed by atoms with Crippen LogP contribution in [0.5, 0.6) is 0 Å². The number of carboxylic acid groups (broad SMARTS) is 1. The van der Waals surface area contributed by atoms with E-state index in [9.17, 15) is 18.6 Å². The van der Waals surface area contributed by atoms with Crippen LogP contribution in [0, 0.1) is 0 Å². The molecular weight excluding hydrogens is 476 g/mol. The van der Waals surface area contributed by atoms with Crippen LogP contribution in [0.3, 0.4) is 0 Å². The second kappa shape index (κ2) is 12.7. The molecule has 0 spiro atoms. The van der Waals surface area contributed by atoms with Crippen molar-refractivity contribution in [1.29, 1.82) is 0 Å². The maximum absolute atomic E-state index is 13.0. The molecule has 2 atom stereocenters. The number of hydrogen-bond acceptors (Lipinski definition) is 4. The van der Waals surface area contributed by atoms with Gasteiger partial charge in [-0.3, -0.25) is 13.8 Å². The Morgan fingerprint density at radius 2 is 1.65 bits per heavy atom. The Morgan fingerprint density at radius 1 is 1.00 bits per heavy atom. The fourth-order valence-corrected chi connectivity index (χ4v) is 5.36. The molecule has 1 heterocycles. The summed E-state index contributed by atoms with van der Waals surface area (Å²) in [5.41, 5.74) is 2.03. The molecule has 2 aromatic rings. The molecule has 9 heteroatoms. The molecule has 2 unspecified atom stereocenters. The maximum atomic E-state index is 13.0. The van der Waals surface area contributed by atoms with E-state index < -0.39 is 28.0 Å². The number of aryl methyl sites for hydroxylation is 1. The predicted octanol–water partition coefficient (Wildman–Crippen LogP) is 3.76. The molecule has 2 amide bonds. The van der Waals surface area contributed by atoms with Crippen molar-refractivity contribution in [3.8, 4) is 0 Å². The number of nitrogens with one attached hydrogen (secondary N) is 1. The third-order valence-electron chi connectivity index (χ3n) is 5.76. The second-order valence-corrected chi connectivity index (χ2v) is 10.2. The number of amides is 2. The summed E-state index contributed by atoms with van der Waals surface area (Å²) in [6.45, 7) is 0.869. The van der Waals surface area contributed by atoms with E-state index in [1.807, 2.05) is 24.3 Å². The van der Waals surface area contributed by atoms with E-state index in [0.717, 1.165) is 37.1 Å². The zero-order valence-corrected chi connectivity index (χ0v) is 20.4. The molecule has 1 fully saturated rings. The van der Waals surface area contributed by atoms with Crippen LogP contribution in [-0.4, -0.2) is 50.5 Å². The second-order valence-electron chi connectivity index (χ2n) is 8.30. The number of hydrogen-bond donors (Lipinski definition) is 2. The quantitative estimate of drug-likeness (QED) is 0.319.